The van der Waals surface area contributed by atoms with Crippen LogP contribution in [0.2, 0.25) is 0 Å². The van der Waals surface area contributed by atoms with Gasteiger partial charge in [0, 0.05) is 50.2 Å². The molecule has 5 aromatic carbocycles. The van der Waals surface area contributed by atoms with E-state index < -0.39 is 0 Å². The van der Waals surface area contributed by atoms with E-state index in [1.807, 2.05) is 109 Å². The lowest BCUT2D eigenvalue weighted by Gasteiger charge is -2.11. The third-order valence-electron chi connectivity index (χ3n) is 8.39. The largest absolute Gasteiger partial charge is 0.454 e. The molecule has 0 spiro atoms. The Morgan fingerprint density at radius 3 is 1.85 bits per heavy atom. The van der Waals surface area contributed by atoms with Gasteiger partial charge in [-0.05, 0) is 24.3 Å². The second-order valence-corrected chi connectivity index (χ2v) is 11.3. The molecule has 4 aromatic heterocycles. The molecule has 0 atom stereocenters. The monoisotopic (exact) mass is 603 g/mol. The van der Waals surface area contributed by atoms with Crippen molar-refractivity contribution in [3.05, 3.63) is 152 Å². The Morgan fingerprint density at radius 1 is 0.447 bits per heavy atom. The lowest BCUT2D eigenvalue weighted by molar-refractivity contribution is 0.668. The number of pyridine rings is 2. The highest BCUT2D eigenvalue weighted by Crippen LogP contribution is 2.37. The van der Waals surface area contributed by atoms with Crippen molar-refractivity contribution >= 4 is 32.8 Å². The smallest absolute Gasteiger partial charge is 0.164 e. The van der Waals surface area contributed by atoms with Crippen molar-refractivity contribution in [2.24, 2.45) is 0 Å². The Morgan fingerprint density at radius 2 is 1.09 bits per heavy atom. The maximum Gasteiger partial charge on any atom is 0.164 e. The number of nitrogens with zero attached hydrogens (tertiary/aromatic N) is 5. The van der Waals surface area contributed by atoms with Gasteiger partial charge in [-0.25, -0.2) is 19.9 Å². The number of para-hydroxylation sites is 2. The molecule has 0 saturated heterocycles. The summed E-state index contributed by atoms with van der Waals surface area (Å²) in [7, 11) is 0. The Labute approximate surface area is 270 Å². The molecule has 9 aromatic rings. The van der Waals surface area contributed by atoms with Crippen LogP contribution in [0.4, 0.5) is 0 Å². The van der Waals surface area contributed by atoms with E-state index in [0.717, 1.165) is 72.0 Å². The topological polar surface area (TPSA) is 77.6 Å². The molecular formula is C41H25N5O. The highest BCUT2D eigenvalue weighted by molar-refractivity contribution is 6.10. The summed E-state index contributed by atoms with van der Waals surface area (Å²) < 4.78 is 6.34. The van der Waals surface area contributed by atoms with Gasteiger partial charge in [-0.2, -0.15) is 0 Å². The van der Waals surface area contributed by atoms with Crippen molar-refractivity contribution in [3.8, 4) is 56.7 Å². The molecule has 0 radical (unpaired) electrons. The predicted octanol–water partition coefficient (Wildman–Crippen LogP) is 10.0. The Balaban J connectivity index is 1.17. The van der Waals surface area contributed by atoms with Crippen molar-refractivity contribution in [1.29, 1.82) is 0 Å². The average molecular weight is 604 g/mol. The molecule has 0 saturated carbocycles. The molecule has 0 aliphatic carbocycles. The molecule has 0 bridgehead atoms. The van der Waals surface area contributed by atoms with Crippen LogP contribution in [0.15, 0.2) is 156 Å². The van der Waals surface area contributed by atoms with Crippen LogP contribution < -0.4 is 0 Å². The van der Waals surface area contributed by atoms with Gasteiger partial charge in [-0.3, -0.25) is 4.98 Å². The molecule has 9 rings (SSSR count). The fourth-order valence-corrected chi connectivity index (χ4v) is 6.10. The molecule has 4 heterocycles. The Kier molecular flexibility index (Phi) is 6.35. The van der Waals surface area contributed by atoms with Crippen molar-refractivity contribution in [3.63, 3.8) is 0 Å². The van der Waals surface area contributed by atoms with Crippen LogP contribution in [0.1, 0.15) is 0 Å². The first-order chi connectivity index (χ1) is 23.3. The Bertz CT molecular complexity index is 2520. The number of fused-ring (bicyclic) bond motifs is 4. The van der Waals surface area contributed by atoms with Gasteiger partial charge in [-0.1, -0.05) is 121 Å². The van der Waals surface area contributed by atoms with Crippen molar-refractivity contribution < 1.29 is 4.42 Å². The van der Waals surface area contributed by atoms with Crippen LogP contribution in [-0.2, 0) is 0 Å². The second kappa shape index (κ2) is 11.1. The van der Waals surface area contributed by atoms with Crippen LogP contribution in [0.3, 0.4) is 0 Å². The van der Waals surface area contributed by atoms with Crippen LogP contribution in [0, 0.1) is 0 Å². The fourth-order valence-electron chi connectivity index (χ4n) is 6.10. The van der Waals surface area contributed by atoms with Crippen LogP contribution in [-0.4, -0.2) is 24.9 Å². The van der Waals surface area contributed by atoms with Gasteiger partial charge in [0.1, 0.15) is 11.3 Å². The minimum atomic E-state index is 0.599. The summed E-state index contributed by atoms with van der Waals surface area (Å²) in [5, 5.41) is 3.13. The maximum atomic E-state index is 6.34. The molecule has 0 aliphatic heterocycles. The van der Waals surface area contributed by atoms with E-state index in [-0.39, 0.29) is 0 Å². The number of hydrogen-bond donors (Lipinski definition) is 0. The van der Waals surface area contributed by atoms with E-state index >= 15 is 0 Å². The molecule has 0 N–H and O–H groups in total. The van der Waals surface area contributed by atoms with Gasteiger partial charge in [0.15, 0.2) is 23.1 Å². The second-order valence-electron chi connectivity index (χ2n) is 11.3. The molecule has 0 fully saturated rings. The van der Waals surface area contributed by atoms with Crippen molar-refractivity contribution in [1.82, 2.24) is 24.9 Å². The van der Waals surface area contributed by atoms with Gasteiger partial charge in [-0.15, -0.1) is 0 Å². The summed E-state index contributed by atoms with van der Waals surface area (Å²) in [6.45, 7) is 0. The average Bonchev–Trinajstić information content (AvgIpc) is 3.54. The summed E-state index contributed by atoms with van der Waals surface area (Å²) in [6, 6.07) is 48.6. The summed E-state index contributed by atoms with van der Waals surface area (Å²) in [4.78, 5) is 24.7. The van der Waals surface area contributed by atoms with Gasteiger partial charge in [0.25, 0.3) is 0 Å². The summed E-state index contributed by atoms with van der Waals surface area (Å²) >= 11 is 0. The summed E-state index contributed by atoms with van der Waals surface area (Å²) in [6.07, 6.45) is 1.84. The third kappa shape index (κ3) is 4.80. The minimum absolute atomic E-state index is 0.599. The van der Waals surface area contributed by atoms with Crippen LogP contribution in [0.5, 0.6) is 0 Å². The SMILES string of the molecule is c1ccc(-c2nc(-c3ccccc3)nc(-c3cccc(-c4ccc5cccc(-c6nccc7c6oc6ccccc67)c5n4)c3)n2)cc1. The third-order valence-corrected chi connectivity index (χ3v) is 8.39. The number of benzene rings is 5. The quantitative estimate of drug-likeness (QED) is 0.195. The van der Waals surface area contributed by atoms with E-state index in [9.17, 15) is 0 Å². The lowest BCUT2D eigenvalue weighted by Crippen LogP contribution is -2.00. The molecule has 0 amide bonds. The van der Waals surface area contributed by atoms with E-state index in [2.05, 4.69) is 42.5 Å². The zero-order chi connectivity index (χ0) is 31.2. The summed E-state index contributed by atoms with van der Waals surface area (Å²) in [5.41, 5.74) is 8.68. The molecule has 0 unspecified atom stereocenters. The normalized spacial score (nSPS) is 11.4. The first kappa shape index (κ1) is 26.8. The molecular weight excluding hydrogens is 578 g/mol. The molecule has 0 aliphatic rings. The van der Waals surface area contributed by atoms with E-state index in [1.54, 1.807) is 0 Å². The van der Waals surface area contributed by atoms with Crippen LogP contribution >= 0.6 is 0 Å². The van der Waals surface area contributed by atoms with Crippen LogP contribution in [0.25, 0.3) is 89.5 Å². The van der Waals surface area contributed by atoms with E-state index in [0.29, 0.717) is 17.5 Å². The molecule has 220 valence electrons. The maximum absolute atomic E-state index is 6.34. The number of aromatic nitrogens is 5. The minimum Gasteiger partial charge on any atom is -0.454 e. The number of hydrogen-bond acceptors (Lipinski definition) is 6. The predicted molar refractivity (Wildman–Crippen MR) is 187 cm³/mol. The fraction of sp³-hybridized carbons (Fsp3) is 0. The first-order valence-corrected chi connectivity index (χ1v) is 15.4. The first-order valence-electron chi connectivity index (χ1n) is 15.4. The van der Waals surface area contributed by atoms with E-state index in [1.165, 1.54) is 0 Å². The highest BCUT2D eigenvalue weighted by atomic mass is 16.3. The lowest BCUT2D eigenvalue weighted by atomic mass is 10.0. The van der Waals surface area contributed by atoms with Crippen molar-refractivity contribution in [2.75, 3.05) is 0 Å². The zero-order valence-corrected chi connectivity index (χ0v) is 25.1. The summed E-state index contributed by atoms with van der Waals surface area (Å²) in [5.74, 6) is 1.85. The van der Waals surface area contributed by atoms with Gasteiger partial charge >= 0.3 is 0 Å². The van der Waals surface area contributed by atoms with Crippen molar-refractivity contribution in [2.45, 2.75) is 0 Å². The number of furan rings is 1. The Hall–Kier alpha value is -6.53. The van der Waals surface area contributed by atoms with Gasteiger partial charge in [0.05, 0.1) is 11.2 Å². The standard InChI is InChI=1S/C41H25N5O/c1-3-11-27(12-4-1)39-44-40(28-13-5-2-6-14-28)46-41(45-39)30-17-9-16-29(25-30)34-22-21-26-15-10-19-33(36(26)43-34)37-38-32(23-24-42-37)31-18-7-8-20-35(31)47-38/h1-25H. The molecule has 6 nitrogen and oxygen atoms in total. The molecule has 6 heteroatoms. The highest BCUT2D eigenvalue weighted by Gasteiger charge is 2.17. The van der Waals surface area contributed by atoms with Gasteiger partial charge < -0.3 is 4.42 Å². The number of rotatable bonds is 5. The van der Waals surface area contributed by atoms with Gasteiger partial charge in [0.2, 0.25) is 0 Å². The van der Waals surface area contributed by atoms with E-state index in [4.69, 9.17) is 29.3 Å². The molecule has 47 heavy (non-hydrogen) atoms. The zero-order valence-electron chi connectivity index (χ0n) is 25.1.